The summed E-state index contributed by atoms with van der Waals surface area (Å²) >= 11 is 0. The first-order valence-electron chi connectivity index (χ1n) is 18.8. The molecule has 0 saturated carbocycles. The molecule has 0 bridgehead atoms. The molecule has 2 saturated heterocycles. The summed E-state index contributed by atoms with van der Waals surface area (Å²) in [7, 11) is -3.92. The number of halogens is 1. The van der Waals surface area contributed by atoms with E-state index in [4.69, 9.17) is 23.1 Å². The van der Waals surface area contributed by atoms with Crippen LogP contribution in [0.1, 0.15) is 95.9 Å². The first-order chi connectivity index (χ1) is 24.2. The highest BCUT2D eigenvalue weighted by atomic mass is 28.4. The fraction of sp³-hybridized carbons (Fsp3) is 0.789. The molecule has 0 spiro atoms. The minimum absolute atomic E-state index is 0.0127. The van der Waals surface area contributed by atoms with Crippen LogP contribution in [0.4, 0.5) is 19.7 Å². The number of ether oxygens (including phenoxy) is 3. The second-order valence-corrected chi connectivity index (χ2v) is 29.1. The Morgan fingerprint density at radius 1 is 0.778 bits per heavy atom. The Kier molecular flexibility index (Phi) is 15.4. The monoisotopic (exact) mass is 801 g/mol. The van der Waals surface area contributed by atoms with E-state index in [1.807, 2.05) is 20.8 Å². The highest BCUT2D eigenvalue weighted by molar-refractivity contribution is 6.74. The third kappa shape index (κ3) is 14.4. The number of nitro groups is 1. The molecule has 13 nitrogen and oxygen atoms in total. The van der Waals surface area contributed by atoms with E-state index in [-0.39, 0.29) is 46.2 Å². The number of hydrogen-bond donors (Lipinski definition) is 1. The van der Waals surface area contributed by atoms with E-state index in [0.717, 1.165) is 12.1 Å². The highest BCUT2D eigenvalue weighted by Crippen LogP contribution is 2.38. The molecule has 0 radical (unpaired) electrons. The Bertz CT molecular complexity index is 1450. The van der Waals surface area contributed by atoms with Crippen molar-refractivity contribution >= 4 is 34.5 Å². The highest BCUT2D eigenvalue weighted by Gasteiger charge is 2.44. The van der Waals surface area contributed by atoms with E-state index >= 15 is 0 Å². The molecule has 310 valence electrons. The number of aliphatic hydroxyl groups excluding tert-OH is 1. The SMILES string of the molecule is CC(C)(C)OC(=O)N1C[C@H](O)C[C@H]1CO[Si](C)(C)C(C)(C)C.CC(C)(C)OC(=O)N1C[C@H](Oc2cc(F)cc([N+](=O)[O-])c2)C[C@H]1CO[Si](C)(C)C(C)(C)C. The van der Waals surface area contributed by atoms with Gasteiger partial charge in [-0.05, 0) is 84.2 Å². The predicted molar refractivity (Wildman–Crippen MR) is 212 cm³/mol. The molecule has 2 amide bonds. The molecule has 3 rings (SSSR count). The standard InChI is InChI=1S/C22H35FN2O6Si.C16H33NO4Si/c1-21(2,3)31-20(26)24-13-19(12-17(24)14-29-32(7,8)22(4,5)6)30-18-10-15(23)9-16(11-18)25(27)28;1-15(2,3)21-14(19)17-10-13(18)9-12(17)11-20-22(7,8)16(4,5)6/h9-11,17,19H,12-14H2,1-8H3;12-13,18H,9-11H2,1-8H3/t17-,19+;12-,13+/m00/s1. The summed E-state index contributed by atoms with van der Waals surface area (Å²) in [4.78, 5) is 38.7. The van der Waals surface area contributed by atoms with Crippen molar-refractivity contribution < 1.29 is 47.1 Å². The summed E-state index contributed by atoms with van der Waals surface area (Å²) in [5, 5.41) is 21.1. The maximum atomic E-state index is 13.8. The second kappa shape index (κ2) is 17.6. The molecular weight excluding hydrogens is 734 g/mol. The van der Waals surface area contributed by atoms with Crippen molar-refractivity contribution in [3.05, 3.63) is 34.1 Å². The van der Waals surface area contributed by atoms with Gasteiger partial charge in [0.2, 0.25) is 0 Å². The molecule has 54 heavy (non-hydrogen) atoms. The predicted octanol–water partition coefficient (Wildman–Crippen LogP) is 8.89. The largest absolute Gasteiger partial charge is 0.488 e. The zero-order valence-electron chi connectivity index (χ0n) is 35.6. The number of nitro benzene ring substituents is 1. The van der Waals surface area contributed by atoms with Gasteiger partial charge in [0, 0.05) is 12.5 Å². The molecule has 0 unspecified atom stereocenters. The fourth-order valence-corrected chi connectivity index (χ4v) is 7.30. The number of hydrogen-bond acceptors (Lipinski definition) is 10. The average Bonchev–Trinajstić information content (AvgIpc) is 3.55. The molecule has 0 aromatic heterocycles. The minimum atomic E-state index is -2.05. The smallest absolute Gasteiger partial charge is 0.410 e. The number of non-ortho nitro benzene ring substituents is 1. The van der Waals surface area contributed by atoms with E-state index in [2.05, 4.69) is 67.7 Å². The normalized spacial score (nSPS) is 21.4. The Labute approximate surface area is 324 Å². The van der Waals surface area contributed by atoms with Crippen molar-refractivity contribution in [2.24, 2.45) is 0 Å². The number of carbonyl (C=O) groups is 2. The van der Waals surface area contributed by atoms with Crippen molar-refractivity contribution in [3.8, 4) is 5.75 Å². The van der Waals surface area contributed by atoms with Gasteiger partial charge in [0.05, 0.1) is 61.5 Å². The topological polar surface area (TPSA) is 150 Å². The van der Waals surface area contributed by atoms with Crippen LogP contribution in [0.15, 0.2) is 18.2 Å². The molecule has 0 aliphatic carbocycles. The second-order valence-electron chi connectivity index (χ2n) is 19.5. The molecule has 2 fully saturated rings. The van der Waals surface area contributed by atoms with Gasteiger partial charge in [-0.3, -0.25) is 15.0 Å². The number of rotatable bonds is 9. The van der Waals surface area contributed by atoms with Crippen molar-refractivity contribution in [3.63, 3.8) is 0 Å². The van der Waals surface area contributed by atoms with Gasteiger partial charge in [0.15, 0.2) is 16.6 Å². The fourth-order valence-electron chi connectivity index (χ4n) is 5.21. The van der Waals surface area contributed by atoms with Crippen LogP contribution in [0.3, 0.4) is 0 Å². The molecule has 2 heterocycles. The van der Waals surface area contributed by atoms with Crippen LogP contribution >= 0.6 is 0 Å². The number of aliphatic hydroxyl groups is 1. The van der Waals surface area contributed by atoms with Crippen LogP contribution in [-0.4, -0.2) is 110 Å². The Hall–Kier alpha value is -2.80. The van der Waals surface area contributed by atoms with E-state index in [1.54, 1.807) is 30.6 Å². The number of amides is 2. The van der Waals surface area contributed by atoms with Gasteiger partial charge < -0.3 is 33.1 Å². The lowest BCUT2D eigenvalue weighted by atomic mass is 10.2. The first kappa shape index (κ1) is 47.4. The molecular formula is C38H68FN3O10Si2. The van der Waals surface area contributed by atoms with E-state index < -0.39 is 56.9 Å². The number of likely N-dealkylation sites (tertiary alicyclic amines) is 2. The van der Waals surface area contributed by atoms with Crippen molar-refractivity contribution in [2.45, 2.75) is 168 Å². The lowest BCUT2D eigenvalue weighted by Crippen LogP contribution is -2.46. The maximum absolute atomic E-state index is 13.8. The Morgan fingerprint density at radius 3 is 1.61 bits per heavy atom. The van der Waals surface area contributed by atoms with E-state index in [0.29, 0.717) is 32.6 Å². The maximum Gasteiger partial charge on any atom is 0.410 e. The van der Waals surface area contributed by atoms with Crippen LogP contribution < -0.4 is 4.74 Å². The van der Waals surface area contributed by atoms with Gasteiger partial charge in [-0.25, -0.2) is 14.0 Å². The third-order valence-corrected chi connectivity index (χ3v) is 19.3. The Balaban J connectivity index is 0.000000401. The van der Waals surface area contributed by atoms with E-state index in [1.165, 1.54) is 6.07 Å². The summed E-state index contributed by atoms with van der Waals surface area (Å²) < 4.78 is 43.2. The number of β-amino-alcohol motifs (C(OH)–C–C–N with tert-alkyl or cyclic N) is 1. The summed E-state index contributed by atoms with van der Waals surface area (Å²) in [6.07, 6.45) is -0.825. The molecule has 4 atom stereocenters. The van der Waals surface area contributed by atoms with Crippen LogP contribution in [0, 0.1) is 15.9 Å². The lowest BCUT2D eigenvalue weighted by molar-refractivity contribution is -0.385. The van der Waals surface area contributed by atoms with Gasteiger partial charge in [-0.2, -0.15) is 0 Å². The minimum Gasteiger partial charge on any atom is -0.488 e. The van der Waals surface area contributed by atoms with Gasteiger partial charge in [0.1, 0.15) is 28.9 Å². The summed E-state index contributed by atoms with van der Waals surface area (Å²) in [5.74, 6) is -0.703. The van der Waals surface area contributed by atoms with E-state index in [9.17, 15) is 29.2 Å². The summed E-state index contributed by atoms with van der Waals surface area (Å²) in [5.41, 5.74) is -1.58. The molecule has 1 aromatic rings. The van der Waals surface area contributed by atoms with Gasteiger partial charge in [0.25, 0.3) is 5.69 Å². The zero-order chi connectivity index (χ0) is 41.8. The zero-order valence-corrected chi connectivity index (χ0v) is 37.6. The summed E-state index contributed by atoms with van der Waals surface area (Å²) in [6, 6.07) is 2.72. The first-order valence-corrected chi connectivity index (χ1v) is 24.6. The van der Waals surface area contributed by atoms with Gasteiger partial charge >= 0.3 is 12.2 Å². The van der Waals surface area contributed by atoms with Crippen molar-refractivity contribution in [1.82, 2.24) is 9.80 Å². The van der Waals surface area contributed by atoms with Crippen molar-refractivity contribution in [2.75, 3.05) is 26.3 Å². The number of nitrogens with zero attached hydrogens (tertiary/aromatic N) is 3. The average molecular weight is 802 g/mol. The molecule has 1 aromatic carbocycles. The summed E-state index contributed by atoms with van der Waals surface area (Å²) in [6.45, 7) is 33.9. The van der Waals surface area contributed by atoms with Crippen LogP contribution in [-0.2, 0) is 18.3 Å². The molecule has 1 N–H and O–H groups in total. The molecule has 2 aliphatic heterocycles. The van der Waals surface area contributed by atoms with Crippen LogP contribution in [0.2, 0.25) is 36.3 Å². The van der Waals surface area contributed by atoms with Crippen molar-refractivity contribution in [1.29, 1.82) is 0 Å². The van der Waals surface area contributed by atoms with Crippen LogP contribution in [0.5, 0.6) is 5.75 Å². The number of carbonyl (C=O) groups excluding carboxylic acids is 2. The van der Waals surface area contributed by atoms with Gasteiger partial charge in [-0.1, -0.05) is 41.5 Å². The lowest BCUT2D eigenvalue weighted by Gasteiger charge is -2.38. The molecule has 16 heteroatoms. The third-order valence-electron chi connectivity index (χ3n) is 10.3. The quantitative estimate of drug-likeness (QED) is 0.146. The van der Waals surface area contributed by atoms with Gasteiger partial charge in [-0.15, -0.1) is 0 Å². The number of benzene rings is 1. The Morgan fingerprint density at radius 2 is 1.20 bits per heavy atom. The molecule has 2 aliphatic rings. The van der Waals surface area contributed by atoms with Crippen LogP contribution in [0.25, 0.3) is 0 Å².